The summed E-state index contributed by atoms with van der Waals surface area (Å²) in [4.78, 5) is 15.5. The third-order valence-corrected chi connectivity index (χ3v) is 12.6. The fourth-order valence-electron chi connectivity index (χ4n) is 9.81. The van der Waals surface area contributed by atoms with Crippen molar-refractivity contribution in [3.05, 3.63) is 222 Å². The molecule has 0 amide bonds. The van der Waals surface area contributed by atoms with Gasteiger partial charge in [0.25, 0.3) is 0 Å². The number of furan rings is 1. The Balaban J connectivity index is 1.05. The van der Waals surface area contributed by atoms with Crippen LogP contribution in [0.5, 0.6) is 11.5 Å². The van der Waals surface area contributed by atoms with Gasteiger partial charge in [0.15, 0.2) is 17.5 Å². The summed E-state index contributed by atoms with van der Waals surface area (Å²) in [5.74, 6) is 3.53. The SMILES string of the molecule is c1ccc(-c2nc(-c3ccc4c(c3)-c3cc(-c5ccc6ccccc6c5)ccc3C43c4ccccc4Oc4ccccc43)nc(-c3ccc4oc5ccccc5c4c3)n2)cc1. The van der Waals surface area contributed by atoms with E-state index in [1.807, 2.05) is 60.7 Å². The van der Waals surface area contributed by atoms with Crippen LogP contribution in [0, 0.1) is 0 Å². The first kappa shape index (κ1) is 33.8. The highest BCUT2D eigenvalue weighted by Gasteiger charge is 2.51. The van der Waals surface area contributed by atoms with E-state index in [4.69, 9.17) is 24.1 Å². The molecule has 1 aliphatic carbocycles. The highest BCUT2D eigenvalue weighted by atomic mass is 16.5. The average molecular weight is 780 g/mol. The van der Waals surface area contributed by atoms with E-state index in [1.54, 1.807) is 0 Å². The number of aromatic nitrogens is 3. The van der Waals surface area contributed by atoms with Gasteiger partial charge in [0.2, 0.25) is 0 Å². The van der Waals surface area contributed by atoms with Crippen LogP contribution in [-0.2, 0) is 5.41 Å². The van der Waals surface area contributed by atoms with Crippen LogP contribution in [0.2, 0.25) is 0 Å². The number of benzene rings is 9. The van der Waals surface area contributed by atoms with Crippen molar-refractivity contribution < 1.29 is 9.15 Å². The van der Waals surface area contributed by atoms with E-state index < -0.39 is 5.41 Å². The van der Waals surface area contributed by atoms with Crippen LogP contribution in [0.4, 0.5) is 0 Å². The molecule has 5 nitrogen and oxygen atoms in total. The molecule has 0 radical (unpaired) electrons. The maximum absolute atomic E-state index is 6.64. The van der Waals surface area contributed by atoms with Gasteiger partial charge in [0.1, 0.15) is 22.7 Å². The first-order valence-electron chi connectivity index (χ1n) is 20.6. The van der Waals surface area contributed by atoms with Crippen LogP contribution in [0.15, 0.2) is 205 Å². The molecule has 0 saturated carbocycles. The lowest BCUT2D eigenvalue weighted by Gasteiger charge is -2.39. The van der Waals surface area contributed by atoms with Crippen molar-refractivity contribution in [1.82, 2.24) is 15.0 Å². The van der Waals surface area contributed by atoms with Gasteiger partial charge >= 0.3 is 0 Å². The third kappa shape index (κ3) is 5.04. The quantitative estimate of drug-likeness (QED) is 0.178. The van der Waals surface area contributed by atoms with E-state index in [0.717, 1.165) is 72.4 Å². The maximum atomic E-state index is 6.64. The van der Waals surface area contributed by atoms with Crippen LogP contribution in [0.1, 0.15) is 22.3 Å². The summed E-state index contributed by atoms with van der Waals surface area (Å²) in [6.45, 7) is 0. The fraction of sp³-hybridized carbons (Fsp3) is 0.0179. The molecule has 11 aromatic rings. The van der Waals surface area contributed by atoms with E-state index >= 15 is 0 Å². The average Bonchev–Trinajstić information content (AvgIpc) is 3.84. The lowest BCUT2D eigenvalue weighted by molar-refractivity contribution is 0.436. The number of para-hydroxylation sites is 3. The van der Waals surface area contributed by atoms with Gasteiger partial charge in [-0.15, -0.1) is 0 Å². The lowest BCUT2D eigenvalue weighted by atomic mass is 9.66. The minimum atomic E-state index is -0.612. The Morgan fingerprint density at radius 1 is 0.328 bits per heavy atom. The zero-order chi connectivity index (χ0) is 40.1. The van der Waals surface area contributed by atoms with Crippen LogP contribution in [-0.4, -0.2) is 15.0 Å². The Kier molecular flexibility index (Phi) is 7.16. The first-order valence-corrected chi connectivity index (χ1v) is 20.6. The second-order valence-corrected chi connectivity index (χ2v) is 15.9. The van der Waals surface area contributed by atoms with Crippen molar-refractivity contribution in [2.24, 2.45) is 0 Å². The molecule has 3 heterocycles. The minimum Gasteiger partial charge on any atom is -0.457 e. The molecule has 2 aromatic heterocycles. The highest BCUT2D eigenvalue weighted by Crippen LogP contribution is 2.62. The van der Waals surface area contributed by atoms with Gasteiger partial charge in [-0.3, -0.25) is 0 Å². The number of fused-ring (bicyclic) bond motifs is 13. The Morgan fingerprint density at radius 3 is 1.61 bits per heavy atom. The Labute approximate surface area is 351 Å². The molecule has 0 bridgehead atoms. The second-order valence-electron chi connectivity index (χ2n) is 15.9. The van der Waals surface area contributed by atoms with Gasteiger partial charge in [-0.05, 0) is 98.8 Å². The summed E-state index contributed by atoms with van der Waals surface area (Å²) in [5.41, 5.74) is 13.1. The monoisotopic (exact) mass is 779 g/mol. The molecule has 0 atom stereocenters. The zero-order valence-electron chi connectivity index (χ0n) is 32.7. The topological polar surface area (TPSA) is 61.0 Å². The summed E-state index contributed by atoms with van der Waals surface area (Å²) in [7, 11) is 0. The van der Waals surface area contributed by atoms with Crippen molar-refractivity contribution >= 4 is 32.7 Å². The van der Waals surface area contributed by atoms with E-state index in [9.17, 15) is 0 Å². The van der Waals surface area contributed by atoms with Crippen molar-refractivity contribution in [3.8, 4) is 67.9 Å². The number of nitrogens with zero attached hydrogens (tertiary/aromatic N) is 3. The summed E-state index contributed by atoms with van der Waals surface area (Å²) < 4.78 is 12.8. The van der Waals surface area contributed by atoms with Crippen molar-refractivity contribution in [2.45, 2.75) is 5.41 Å². The van der Waals surface area contributed by atoms with Crippen LogP contribution >= 0.6 is 0 Å². The van der Waals surface area contributed by atoms with Gasteiger partial charge in [-0.25, -0.2) is 15.0 Å². The fourth-order valence-corrected chi connectivity index (χ4v) is 9.81. The predicted molar refractivity (Wildman–Crippen MR) is 244 cm³/mol. The Morgan fingerprint density at radius 2 is 0.852 bits per heavy atom. The molecule has 61 heavy (non-hydrogen) atoms. The molecule has 1 spiro atoms. The highest BCUT2D eigenvalue weighted by molar-refractivity contribution is 6.06. The molecule has 0 unspecified atom stereocenters. The summed E-state index contributed by atoms with van der Waals surface area (Å²) in [6, 6.07) is 70.4. The Hall–Kier alpha value is -8.15. The maximum Gasteiger partial charge on any atom is 0.164 e. The lowest BCUT2D eigenvalue weighted by Crippen LogP contribution is -2.32. The summed E-state index contributed by atoms with van der Waals surface area (Å²) >= 11 is 0. The number of hydrogen-bond donors (Lipinski definition) is 0. The standard InChI is InChI=1S/C56H33N3O2/c1-2-13-35(14-3-1)53-57-54(59-55(58-53)40-26-29-50-44(33-40)41-16-6-9-19-49(41)60-50)39-25-28-46-43(32-39)42-31-38(37-23-22-34-12-4-5-15-36(34)30-37)24-27-45(42)56(46)47-17-7-10-20-51(47)61-52-21-11-8-18-48(52)56/h1-33H. The second kappa shape index (κ2) is 12.9. The van der Waals surface area contributed by atoms with E-state index in [2.05, 4.69) is 140 Å². The first-order chi connectivity index (χ1) is 30.2. The normalized spacial score (nSPS) is 13.2. The summed E-state index contributed by atoms with van der Waals surface area (Å²) in [6.07, 6.45) is 0. The molecule has 0 fully saturated rings. The molecule has 13 rings (SSSR count). The third-order valence-electron chi connectivity index (χ3n) is 12.6. The molecule has 0 N–H and O–H groups in total. The van der Waals surface area contributed by atoms with E-state index in [0.29, 0.717) is 17.5 Å². The molecular formula is C56H33N3O2. The molecule has 1 aliphatic heterocycles. The molecule has 0 saturated heterocycles. The van der Waals surface area contributed by atoms with Crippen molar-refractivity contribution in [1.29, 1.82) is 0 Å². The van der Waals surface area contributed by atoms with Gasteiger partial charge in [0.05, 0.1) is 5.41 Å². The van der Waals surface area contributed by atoms with Gasteiger partial charge in [-0.1, -0.05) is 146 Å². The van der Waals surface area contributed by atoms with E-state index in [1.165, 1.54) is 33.0 Å². The summed E-state index contributed by atoms with van der Waals surface area (Å²) in [5, 5.41) is 4.52. The van der Waals surface area contributed by atoms with E-state index in [-0.39, 0.29) is 0 Å². The van der Waals surface area contributed by atoms with Crippen molar-refractivity contribution in [2.75, 3.05) is 0 Å². The zero-order valence-corrected chi connectivity index (χ0v) is 32.7. The molecule has 9 aromatic carbocycles. The predicted octanol–water partition coefficient (Wildman–Crippen LogP) is 14.1. The number of hydrogen-bond acceptors (Lipinski definition) is 5. The van der Waals surface area contributed by atoms with Crippen molar-refractivity contribution in [3.63, 3.8) is 0 Å². The Bertz CT molecular complexity index is 3540. The molecule has 5 heteroatoms. The van der Waals surface area contributed by atoms with Crippen LogP contribution in [0.3, 0.4) is 0 Å². The van der Waals surface area contributed by atoms with Crippen LogP contribution < -0.4 is 4.74 Å². The van der Waals surface area contributed by atoms with Gasteiger partial charge in [-0.2, -0.15) is 0 Å². The smallest absolute Gasteiger partial charge is 0.164 e. The number of rotatable bonds is 4. The molecule has 2 aliphatic rings. The van der Waals surface area contributed by atoms with Gasteiger partial charge < -0.3 is 9.15 Å². The number of ether oxygens (including phenoxy) is 1. The minimum absolute atomic E-state index is 0.597. The molecular weight excluding hydrogens is 747 g/mol. The van der Waals surface area contributed by atoms with Crippen LogP contribution in [0.25, 0.3) is 89.1 Å². The molecule has 284 valence electrons. The largest absolute Gasteiger partial charge is 0.457 e. The van der Waals surface area contributed by atoms with Gasteiger partial charge in [0, 0.05) is 38.6 Å².